The van der Waals surface area contributed by atoms with E-state index in [-0.39, 0.29) is 5.91 Å². The second kappa shape index (κ2) is 9.15. The lowest BCUT2D eigenvalue weighted by molar-refractivity contribution is -0.130. The van der Waals surface area contributed by atoms with Crippen molar-refractivity contribution >= 4 is 27.8 Å². The molecule has 1 saturated heterocycles. The number of nitrogens with one attached hydrogen (secondary N) is 1. The summed E-state index contributed by atoms with van der Waals surface area (Å²) in [5.74, 6) is 1.11. The zero-order chi connectivity index (χ0) is 24.9. The minimum atomic E-state index is 0.185. The fourth-order valence-electron chi connectivity index (χ4n) is 5.71. The number of likely N-dealkylation sites (N-methyl/N-ethyl adjacent to an activating group) is 1. The van der Waals surface area contributed by atoms with E-state index in [9.17, 15) is 4.79 Å². The zero-order valence-corrected chi connectivity index (χ0v) is 21.9. The Morgan fingerprint density at radius 3 is 2.63 bits per heavy atom. The Morgan fingerprint density at radius 2 is 1.94 bits per heavy atom. The number of aromatic amines is 1. The molecule has 0 unspecified atom stereocenters. The molecule has 0 bridgehead atoms. The molecule has 35 heavy (non-hydrogen) atoms. The first-order chi connectivity index (χ1) is 16.7. The number of aromatic nitrogens is 3. The molecule has 1 fully saturated rings. The lowest BCUT2D eigenvalue weighted by atomic mass is 9.87. The number of carbonyl (C=O) groups is 1. The maximum absolute atomic E-state index is 12.1. The highest BCUT2D eigenvalue weighted by molar-refractivity contribution is 6.01. The van der Waals surface area contributed by atoms with Gasteiger partial charge in [-0.25, -0.2) is 4.98 Å². The molecule has 1 N–H and O–H groups in total. The third kappa shape index (κ3) is 4.25. The monoisotopic (exact) mass is 471 g/mol. The molecule has 4 heterocycles. The van der Waals surface area contributed by atoms with Crippen molar-refractivity contribution in [3.05, 3.63) is 53.3 Å². The number of H-pyrrole nitrogens is 1. The summed E-state index contributed by atoms with van der Waals surface area (Å²) < 4.78 is 2.13. The largest absolute Gasteiger partial charge is 0.354 e. The van der Waals surface area contributed by atoms with Crippen LogP contribution in [0.3, 0.4) is 0 Å². The van der Waals surface area contributed by atoms with E-state index in [1.807, 2.05) is 20.3 Å². The summed E-state index contributed by atoms with van der Waals surface area (Å²) in [6.07, 6.45) is 6.29. The van der Waals surface area contributed by atoms with Gasteiger partial charge in [0.15, 0.2) is 0 Å². The van der Waals surface area contributed by atoms with Crippen LogP contribution in [0.25, 0.3) is 33.2 Å². The minimum Gasteiger partial charge on any atom is -0.354 e. The lowest BCUT2D eigenvalue weighted by Gasteiger charge is -2.32. The number of benzene rings is 1. The molecule has 0 spiro atoms. The summed E-state index contributed by atoms with van der Waals surface area (Å²) in [4.78, 5) is 24.5. The molecule has 1 aliphatic rings. The van der Waals surface area contributed by atoms with Crippen LogP contribution in [0.5, 0.6) is 0 Å². The SMILES string of the molecule is Cc1ccnc2c1c(-c1[nH]c3ccc(C4CCN(CC(=O)N(C)C)CC4)cc3c1C(C)C)cn2C. The van der Waals surface area contributed by atoms with E-state index in [2.05, 4.69) is 77.7 Å². The zero-order valence-electron chi connectivity index (χ0n) is 21.9. The number of fused-ring (bicyclic) bond motifs is 2. The standard InChI is InChI=1S/C29H37N5O/c1-18(2)26-22-15-21(20-10-13-34(14-11-20)17-25(35)32(4)5)7-8-24(22)31-28(26)23-16-33(6)29-27(23)19(3)9-12-30-29/h7-9,12,15-16,18,20,31H,10-11,13-14,17H2,1-6H3. The van der Waals surface area contributed by atoms with Gasteiger partial charge in [0.05, 0.1) is 12.2 Å². The number of hydrogen-bond acceptors (Lipinski definition) is 3. The quantitative estimate of drug-likeness (QED) is 0.423. The maximum atomic E-state index is 12.1. The van der Waals surface area contributed by atoms with Crippen LogP contribution in [0.1, 0.15) is 55.2 Å². The van der Waals surface area contributed by atoms with Crippen molar-refractivity contribution in [3.63, 3.8) is 0 Å². The van der Waals surface area contributed by atoms with E-state index in [1.54, 1.807) is 4.90 Å². The van der Waals surface area contributed by atoms with Gasteiger partial charge < -0.3 is 14.5 Å². The Kier molecular flexibility index (Phi) is 6.18. The average molecular weight is 472 g/mol. The van der Waals surface area contributed by atoms with Crippen molar-refractivity contribution in [3.8, 4) is 11.3 Å². The fraction of sp³-hybridized carbons (Fsp3) is 0.448. The molecule has 6 nitrogen and oxygen atoms in total. The summed E-state index contributed by atoms with van der Waals surface area (Å²) in [5, 5.41) is 2.56. The number of hydrogen-bond donors (Lipinski definition) is 1. The Morgan fingerprint density at radius 1 is 1.20 bits per heavy atom. The number of amides is 1. The van der Waals surface area contributed by atoms with E-state index in [4.69, 9.17) is 0 Å². The van der Waals surface area contributed by atoms with Gasteiger partial charge in [-0.3, -0.25) is 9.69 Å². The molecule has 1 amide bonds. The van der Waals surface area contributed by atoms with Crippen molar-refractivity contribution in [2.75, 3.05) is 33.7 Å². The summed E-state index contributed by atoms with van der Waals surface area (Å²) >= 11 is 0. The molecule has 6 heteroatoms. The molecule has 184 valence electrons. The van der Waals surface area contributed by atoms with Gasteiger partial charge in [0.1, 0.15) is 5.65 Å². The Hall–Kier alpha value is -3.12. The molecule has 1 aliphatic heterocycles. The Labute approximate surface area is 207 Å². The van der Waals surface area contributed by atoms with Gasteiger partial charge in [-0.1, -0.05) is 19.9 Å². The number of aryl methyl sites for hydroxylation is 2. The van der Waals surface area contributed by atoms with Crippen LogP contribution in [-0.4, -0.2) is 64.0 Å². The molecule has 0 atom stereocenters. The molecule has 3 aromatic heterocycles. The van der Waals surface area contributed by atoms with Crippen LogP contribution in [0.2, 0.25) is 0 Å². The first-order valence-corrected chi connectivity index (χ1v) is 12.7. The molecule has 0 radical (unpaired) electrons. The van der Waals surface area contributed by atoms with Crippen molar-refractivity contribution in [2.24, 2.45) is 7.05 Å². The van der Waals surface area contributed by atoms with Crippen LogP contribution in [0.15, 0.2) is 36.7 Å². The van der Waals surface area contributed by atoms with Gasteiger partial charge in [0.25, 0.3) is 0 Å². The van der Waals surface area contributed by atoms with Gasteiger partial charge in [0.2, 0.25) is 5.91 Å². The average Bonchev–Trinajstić information content (AvgIpc) is 3.37. The van der Waals surface area contributed by atoms with E-state index < -0.39 is 0 Å². The number of likely N-dealkylation sites (tertiary alicyclic amines) is 1. The first-order valence-electron chi connectivity index (χ1n) is 12.7. The number of piperidine rings is 1. The number of pyridine rings is 1. The minimum absolute atomic E-state index is 0.185. The Balaban J connectivity index is 1.50. The number of nitrogens with zero attached hydrogens (tertiary/aromatic N) is 4. The molecular formula is C29H37N5O. The topological polar surface area (TPSA) is 57.2 Å². The molecule has 0 aliphatic carbocycles. The van der Waals surface area contributed by atoms with Crippen LogP contribution < -0.4 is 0 Å². The second-order valence-corrected chi connectivity index (χ2v) is 10.7. The third-order valence-electron chi connectivity index (χ3n) is 7.69. The summed E-state index contributed by atoms with van der Waals surface area (Å²) in [6.45, 7) is 9.21. The van der Waals surface area contributed by atoms with E-state index in [0.29, 0.717) is 18.4 Å². The van der Waals surface area contributed by atoms with Crippen molar-refractivity contribution in [2.45, 2.75) is 45.4 Å². The van der Waals surface area contributed by atoms with Gasteiger partial charge in [-0.05, 0) is 79.6 Å². The van der Waals surface area contributed by atoms with Gasteiger partial charge in [-0.15, -0.1) is 0 Å². The van der Waals surface area contributed by atoms with E-state index in [1.165, 1.54) is 44.2 Å². The third-order valence-corrected chi connectivity index (χ3v) is 7.69. The smallest absolute Gasteiger partial charge is 0.236 e. The van der Waals surface area contributed by atoms with Crippen LogP contribution in [0.4, 0.5) is 0 Å². The highest BCUT2D eigenvalue weighted by Crippen LogP contribution is 2.41. The highest BCUT2D eigenvalue weighted by Gasteiger charge is 2.25. The van der Waals surface area contributed by atoms with Crippen LogP contribution in [0, 0.1) is 6.92 Å². The maximum Gasteiger partial charge on any atom is 0.236 e. The second-order valence-electron chi connectivity index (χ2n) is 10.7. The van der Waals surface area contributed by atoms with Crippen LogP contribution >= 0.6 is 0 Å². The molecule has 0 saturated carbocycles. The summed E-state index contributed by atoms with van der Waals surface area (Å²) in [7, 11) is 5.74. The fourth-order valence-corrected chi connectivity index (χ4v) is 5.71. The van der Waals surface area contributed by atoms with E-state index in [0.717, 1.165) is 31.6 Å². The lowest BCUT2D eigenvalue weighted by Crippen LogP contribution is -2.40. The predicted molar refractivity (Wildman–Crippen MR) is 144 cm³/mol. The molecular weight excluding hydrogens is 434 g/mol. The van der Waals surface area contributed by atoms with Crippen LogP contribution in [-0.2, 0) is 11.8 Å². The van der Waals surface area contributed by atoms with Gasteiger partial charge in [0, 0.05) is 55.4 Å². The summed E-state index contributed by atoms with van der Waals surface area (Å²) in [6, 6.07) is 9.08. The van der Waals surface area contributed by atoms with Gasteiger partial charge in [-0.2, -0.15) is 0 Å². The highest BCUT2D eigenvalue weighted by atomic mass is 16.2. The number of carbonyl (C=O) groups excluding carboxylic acids is 1. The molecule has 5 rings (SSSR count). The van der Waals surface area contributed by atoms with Crippen molar-refractivity contribution in [1.29, 1.82) is 0 Å². The normalized spacial score (nSPS) is 15.5. The molecule has 1 aromatic carbocycles. The van der Waals surface area contributed by atoms with E-state index >= 15 is 0 Å². The number of rotatable bonds is 5. The van der Waals surface area contributed by atoms with Crippen molar-refractivity contribution < 1.29 is 4.79 Å². The van der Waals surface area contributed by atoms with Crippen molar-refractivity contribution in [1.82, 2.24) is 24.3 Å². The van der Waals surface area contributed by atoms with Gasteiger partial charge >= 0.3 is 0 Å². The Bertz CT molecular complexity index is 1390. The summed E-state index contributed by atoms with van der Waals surface area (Å²) in [5.41, 5.74) is 8.71. The predicted octanol–water partition coefficient (Wildman–Crippen LogP) is 5.42. The molecule has 4 aromatic rings. The first kappa shape index (κ1) is 23.6.